The summed E-state index contributed by atoms with van der Waals surface area (Å²) in [6.45, 7) is 0. The fourth-order valence-electron chi connectivity index (χ4n) is 5.10. The van der Waals surface area contributed by atoms with E-state index in [0.717, 1.165) is 50.0 Å². The molecule has 0 bridgehead atoms. The van der Waals surface area contributed by atoms with E-state index in [1.165, 1.54) is 4.73 Å². The van der Waals surface area contributed by atoms with Gasteiger partial charge in [0.05, 0.1) is 11.1 Å². The van der Waals surface area contributed by atoms with E-state index in [-0.39, 0.29) is 5.56 Å². The number of pyridine rings is 1. The molecular weight excluding hydrogens is 430 g/mol. The molecule has 0 N–H and O–H groups in total. The Morgan fingerprint density at radius 3 is 1.51 bits per heavy atom. The van der Waals surface area contributed by atoms with E-state index in [0.29, 0.717) is 5.39 Å². The summed E-state index contributed by atoms with van der Waals surface area (Å²) in [6, 6.07) is 40.7. The molecule has 0 saturated heterocycles. The lowest BCUT2D eigenvalue weighted by molar-refractivity contribution is 0.163. The SMILES string of the molecule is COn1c(-c2ccccc2)c(-c2ccccc2)c2c(-c3ccccc3)c3cccccc-3c2c1=O. The van der Waals surface area contributed by atoms with Gasteiger partial charge in [0.25, 0.3) is 5.56 Å². The first-order valence-electron chi connectivity index (χ1n) is 11.6. The lowest BCUT2D eigenvalue weighted by Crippen LogP contribution is -2.27. The molecule has 3 heteroatoms. The largest absolute Gasteiger partial charge is 0.413 e. The van der Waals surface area contributed by atoms with Gasteiger partial charge in [-0.2, -0.15) is 0 Å². The summed E-state index contributed by atoms with van der Waals surface area (Å²) in [4.78, 5) is 19.9. The second-order valence-electron chi connectivity index (χ2n) is 8.47. The molecule has 35 heavy (non-hydrogen) atoms. The molecule has 0 fully saturated rings. The first-order valence-corrected chi connectivity index (χ1v) is 11.6. The Kier molecular flexibility index (Phi) is 5.16. The molecule has 4 aromatic rings. The zero-order valence-corrected chi connectivity index (χ0v) is 19.3. The summed E-state index contributed by atoms with van der Waals surface area (Å²) >= 11 is 0. The number of hydrogen-bond acceptors (Lipinski definition) is 2. The maximum Gasteiger partial charge on any atom is 0.292 e. The van der Waals surface area contributed by atoms with Crippen LogP contribution in [0.1, 0.15) is 0 Å². The number of aromatic nitrogens is 1. The third-order valence-electron chi connectivity index (χ3n) is 6.52. The van der Waals surface area contributed by atoms with E-state index in [2.05, 4.69) is 30.3 Å². The smallest absolute Gasteiger partial charge is 0.292 e. The van der Waals surface area contributed by atoms with Crippen molar-refractivity contribution in [3.05, 3.63) is 132 Å². The van der Waals surface area contributed by atoms with Crippen LogP contribution in [0.2, 0.25) is 0 Å². The molecule has 0 unspecified atom stereocenters. The van der Waals surface area contributed by atoms with Crippen LogP contribution < -0.4 is 10.4 Å². The van der Waals surface area contributed by atoms with Gasteiger partial charge < -0.3 is 4.84 Å². The van der Waals surface area contributed by atoms with Crippen molar-refractivity contribution in [3.63, 3.8) is 0 Å². The molecule has 0 spiro atoms. The number of fused-ring (bicyclic) bond motifs is 3. The number of hydrogen-bond donors (Lipinski definition) is 0. The molecule has 168 valence electrons. The van der Waals surface area contributed by atoms with E-state index < -0.39 is 0 Å². The van der Waals surface area contributed by atoms with Crippen LogP contribution in [0.4, 0.5) is 0 Å². The van der Waals surface area contributed by atoms with Crippen LogP contribution in [0.15, 0.2) is 126 Å². The third kappa shape index (κ3) is 3.32. The molecule has 0 saturated carbocycles. The summed E-state index contributed by atoms with van der Waals surface area (Å²) in [6.07, 6.45) is 0. The van der Waals surface area contributed by atoms with Crippen LogP contribution in [0.5, 0.6) is 0 Å². The molecule has 0 atom stereocenters. The summed E-state index contributed by atoms with van der Waals surface area (Å²) in [5.74, 6) is 0. The van der Waals surface area contributed by atoms with E-state index in [4.69, 9.17) is 4.84 Å². The maximum absolute atomic E-state index is 14.1. The molecular formula is C32H23NO2. The Morgan fingerprint density at radius 2 is 0.971 bits per heavy atom. The first kappa shape index (κ1) is 20.9. The predicted molar refractivity (Wildman–Crippen MR) is 144 cm³/mol. The maximum atomic E-state index is 14.1. The lowest BCUT2D eigenvalue weighted by atomic mass is 9.92. The van der Waals surface area contributed by atoms with Gasteiger partial charge in [-0.1, -0.05) is 121 Å². The van der Waals surface area contributed by atoms with Crippen LogP contribution in [-0.4, -0.2) is 11.8 Å². The van der Waals surface area contributed by atoms with Crippen molar-refractivity contribution in [2.75, 3.05) is 7.11 Å². The second-order valence-corrected chi connectivity index (χ2v) is 8.47. The molecule has 3 nitrogen and oxygen atoms in total. The Labute approximate surface area is 203 Å². The van der Waals surface area contributed by atoms with Gasteiger partial charge in [0, 0.05) is 16.5 Å². The minimum absolute atomic E-state index is 0.167. The van der Waals surface area contributed by atoms with Gasteiger partial charge >= 0.3 is 0 Å². The Morgan fingerprint density at radius 1 is 0.514 bits per heavy atom. The summed E-state index contributed by atoms with van der Waals surface area (Å²) in [5.41, 5.74) is 7.59. The average molecular weight is 454 g/mol. The van der Waals surface area contributed by atoms with Crippen LogP contribution in [0, 0.1) is 0 Å². The van der Waals surface area contributed by atoms with Crippen LogP contribution in [0.3, 0.4) is 0 Å². The lowest BCUT2D eigenvalue weighted by Gasteiger charge is -2.19. The highest BCUT2D eigenvalue weighted by Gasteiger charge is 2.28. The standard InChI is InChI=1S/C32H23NO2/c1-35-33-31(24-18-10-4-11-19-24)28(23-16-8-3-9-17-23)30-27(22-14-6-2-7-15-22)25-20-12-5-13-21-26(25)29(30)32(33)34/h2-21H,1H3. The number of benzene rings is 3. The van der Waals surface area contributed by atoms with Gasteiger partial charge in [0.15, 0.2) is 0 Å². The van der Waals surface area contributed by atoms with Crippen LogP contribution in [-0.2, 0) is 0 Å². The highest BCUT2D eigenvalue weighted by Crippen LogP contribution is 2.49. The Hall–Kier alpha value is -4.63. The fourth-order valence-corrected chi connectivity index (χ4v) is 5.10. The van der Waals surface area contributed by atoms with Crippen molar-refractivity contribution in [2.24, 2.45) is 0 Å². The highest BCUT2D eigenvalue weighted by atomic mass is 16.6. The van der Waals surface area contributed by atoms with Crippen molar-refractivity contribution < 1.29 is 4.84 Å². The molecule has 2 aliphatic carbocycles. The van der Waals surface area contributed by atoms with E-state index in [9.17, 15) is 4.79 Å². The fraction of sp³-hybridized carbons (Fsp3) is 0.0312. The summed E-state index contributed by atoms with van der Waals surface area (Å²) in [7, 11) is 1.55. The molecule has 1 aromatic heterocycles. The molecule has 1 heterocycles. The predicted octanol–water partition coefficient (Wildman–Crippen LogP) is 7.17. The number of nitrogens with zero attached hydrogens (tertiary/aromatic N) is 1. The molecule has 6 rings (SSSR count). The molecule has 3 aromatic carbocycles. The summed E-state index contributed by atoms with van der Waals surface area (Å²) < 4.78 is 1.45. The van der Waals surface area contributed by atoms with Crippen molar-refractivity contribution in [1.82, 2.24) is 4.73 Å². The zero-order valence-electron chi connectivity index (χ0n) is 19.3. The zero-order chi connectivity index (χ0) is 23.8. The minimum Gasteiger partial charge on any atom is -0.413 e. The van der Waals surface area contributed by atoms with Gasteiger partial charge in [0.1, 0.15) is 7.11 Å². The third-order valence-corrected chi connectivity index (χ3v) is 6.52. The average Bonchev–Trinajstić information content (AvgIpc) is 3.05. The highest BCUT2D eigenvalue weighted by molar-refractivity contribution is 6.21. The second kappa shape index (κ2) is 8.62. The number of rotatable bonds is 4. The summed E-state index contributed by atoms with van der Waals surface area (Å²) in [5, 5.41) is 1.61. The van der Waals surface area contributed by atoms with E-state index in [1.54, 1.807) is 7.11 Å². The topological polar surface area (TPSA) is 31.2 Å². The first-order chi connectivity index (χ1) is 17.3. The molecule has 0 aliphatic heterocycles. The monoisotopic (exact) mass is 453 g/mol. The van der Waals surface area contributed by atoms with Crippen molar-refractivity contribution >= 4 is 10.8 Å². The van der Waals surface area contributed by atoms with E-state index in [1.807, 2.05) is 91.0 Å². The van der Waals surface area contributed by atoms with E-state index >= 15 is 0 Å². The quantitative estimate of drug-likeness (QED) is 0.283. The van der Waals surface area contributed by atoms with Crippen molar-refractivity contribution in [3.8, 4) is 44.6 Å². The van der Waals surface area contributed by atoms with Crippen LogP contribution >= 0.6 is 0 Å². The van der Waals surface area contributed by atoms with Gasteiger partial charge in [-0.25, -0.2) is 0 Å². The van der Waals surface area contributed by atoms with Crippen molar-refractivity contribution in [1.29, 1.82) is 0 Å². The Bertz CT molecular complexity index is 1670. The van der Waals surface area contributed by atoms with Gasteiger partial charge in [-0.15, -0.1) is 4.73 Å². The normalized spacial score (nSPS) is 11.1. The minimum atomic E-state index is -0.167. The Balaban J connectivity index is 1.95. The van der Waals surface area contributed by atoms with Gasteiger partial charge in [-0.3, -0.25) is 4.79 Å². The van der Waals surface area contributed by atoms with Gasteiger partial charge in [0.2, 0.25) is 0 Å². The molecule has 0 amide bonds. The van der Waals surface area contributed by atoms with Crippen LogP contribution in [0.25, 0.3) is 55.4 Å². The molecule has 2 aliphatic rings. The van der Waals surface area contributed by atoms with Gasteiger partial charge in [-0.05, 0) is 27.8 Å². The van der Waals surface area contributed by atoms with Crippen molar-refractivity contribution in [2.45, 2.75) is 0 Å². The molecule has 0 radical (unpaired) electrons.